The summed E-state index contributed by atoms with van der Waals surface area (Å²) in [6.45, 7) is 11.8. The van der Waals surface area contributed by atoms with Crippen molar-refractivity contribution in [2.75, 3.05) is 66.2 Å². The van der Waals surface area contributed by atoms with Crippen LogP contribution in [0, 0.1) is 5.92 Å². The topological polar surface area (TPSA) is 455 Å². The number of imide groups is 4. The fourth-order valence-electron chi connectivity index (χ4n) is 8.58. The third kappa shape index (κ3) is 50.3. The highest BCUT2D eigenvalue weighted by atomic mass is 16.6. The third-order valence-electron chi connectivity index (χ3n) is 14.0. The molecule has 0 spiro atoms. The van der Waals surface area contributed by atoms with E-state index in [0.717, 1.165) is 51.5 Å². The van der Waals surface area contributed by atoms with Gasteiger partial charge in [0.05, 0.1) is 18.1 Å². The Balaban J connectivity index is 4.64. The number of ether oxygens (including phenoxy) is 4. The summed E-state index contributed by atoms with van der Waals surface area (Å²) in [6.07, 6.45) is 13.7. The minimum Gasteiger partial charge on any atom is -0.463 e. The van der Waals surface area contributed by atoms with Gasteiger partial charge in [-0.25, -0.2) is 28.8 Å². The maximum atomic E-state index is 13.2. The van der Waals surface area contributed by atoms with Crippen molar-refractivity contribution in [3.63, 3.8) is 0 Å². The molecule has 0 saturated heterocycles. The quantitative estimate of drug-likeness (QED) is 0.0231. The lowest BCUT2D eigenvalue weighted by Crippen LogP contribution is -2.49. The van der Waals surface area contributed by atoms with Crippen LogP contribution in [0.3, 0.4) is 0 Å². The number of rotatable bonds is 50. The van der Waals surface area contributed by atoms with Gasteiger partial charge in [0.2, 0.25) is 17.7 Å². The first-order valence-corrected chi connectivity index (χ1v) is 32.8. The molecule has 0 aliphatic heterocycles. The minimum absolute atomic E-state index is 0.00302. The van der Waals surface area contributed by atoms with Crippen LogP contribution in [-0.2, 0) is 52.5 Å². The summed E-state index contributed by atoms with van der Waals surface area (Å²) in [6, 6.07) is -7.37. The van der Waals surface area contributed by atoms with Crippen molar-refractivity contribution in [3.8, 4) is 0 Å². The van der Waals surface area contributed by atoms with Crippen molar-refractivity contribution in [2.45, 2.75) is 238 Å². The highest BCUT2D eigenvalue weighted by molar-refractivity contribution is 6.01. The fourth-order valence-corrected chi connectivity index (χ4v) is 8.58. The van der Waals surface area contributed by atoms with E-state index in [9.17, 15) is 62.3 Å². The Kier molecular flexibility index (Phi) is 48.9. The Bertz CT molecular complexity index is 2230. The molecule has 0 radical (unpaired) electrons. The van der Waals surface area contributed by atoms with Crippen LogP contribution in [0.1, 0.15) is 208 Å². The monoisotopic (exact) mass is 1310 g/mol. The normalized spacial score (nSPS) is 12.8. The second-order valence-corrected chi connectivity index (χ2v) is 23.4. The molecule has 0 rings (SSSR count). The van der Waals surface area contributed by atoms with E-state index in [-0.39, 0.29) is 102 Å². The van der Waals surface area contributed by atoms with Crippen LogP contribution in [0.2, 0.25) is 0 Å². The Hall–Kier alpha value is -7.41. The second-order valence-electron chi connectivity index (χ2n) is 23.4. The van der Waals surface area contributed by atoms with E-state index < -0.39 is 89.6 Å². The van der Waals surface area contributed by atoms with Gasteiger partial charge in [0.15, 0.2) is 0 Å². The number of hydrogen-bond donors (Lipinski definition) is 14. The summed E-state index contributed by atoms with van der Waals surface area (Å²) in [4.78, 5) is 159. The van der Waals surface area contributed by atoms with Crippen LogP contribution in [0.4, 0.5) is 28.8 Å². The molecule has 0 aromatic carbocycles. The second kappa shape index (κ2) is 53.1. The summed E-state index contributed by atoms with van der Waals surface area (Å²) in [5.74, 6) is -3.08. The highest BCUT2D eigenvalue weighted by Gasteiger charge is 2.26. The number of urea groups is 6. The van der Waals surface area contributed by atoms with E-state index in [0.29, 0.717) is 96.4 Å². The average Bonchev–Trinajstić information content (AvgIpc) is 2.54. The Morgan fingerprint density at radius 3 is 1.20 bits per heavy atom. The lowest BCUT2D eigenvalue weighted by Gasteiger charge is -2.26. The maximum Gasteiger partial charge on any atom is 0.330 e. The standard InChI is InChI=1S/C61H112N14O17/c1-8-49(77)89-41-46(71-54(82)47(62)27-22-26-35-64-7)42-92-52(80)30-21-15-12-18-25-38-68-58(86)75-60(88)74-57(85)67-37-24-17-11-14-20-29-51(79)91-40-45(70-48(76)32-34-61(6,63)33-31-44(5)53(81)69-43(3)4)39-90-50(78)28-19-13-10-16-23-36-66-56(84)73-59(87)72-55(83)65-9-2/h43-47,64H,8-42,62-63H2,1-7H3,(H,69,81)(H,70,76)(H,71,82)(H4,65,66,72,73,83,84,87)(H4,67,68,74,75,85,86,88). The van der Waals surface area contributed by atoms with Crippen LogP contribution < -0.4 is 75.3 Å². The van der Waals surface area contributed by atoms with Gasteiger partial charge in [-0.3, -0.25) is 54.8 Å². The molecule has 31 nitrogen and oxygen atoms in total. The van der Waals surface area contributed by atoms with Crippen LogP contribution >= 0.6 is 0 Å². The van der Waals surface area contributed by atoms with E-state index in [1.807, 2.05) is 56.0 Å². The number of hydrogen-bond acceptors (Lipinski definition) is 20. The summed E-state index contributed by atoms with van der Waals surface area (Å²) in [5, 5.41) is 29.5. The van der Waals surface area contributed by atoms with Crippen LogP contribution in [0.25, 0.3) is 0 Å². The predicted molar refractivity (Wildman–Crippen MR) is 343 cm³/mol. The number of carbonyl (C=O) groups excluding carboxylic acids is 13. The molecule has 92 heavy (non-hydrogen) atoms. The molecule has 31 heteroatoms. The number of unbranched alkanes of at least 4 members (excludes halogenated alkanes) is 13. The van der Waals surface area contributed by atoms with Crippen LogP contribution in [0.5, 0.6) is 0 Å². The number of nitrogens with one attached hydrogen (secondary N) is 12. The molecule has 0 fully saturated rings. The van der Waals surface area contributed by atoms with Gasteiger partial charge in [-0.2, -0.15) is 0 Å². The number of carbonyl (C=O) groups is 13. The van der Waals surface area contributed by atoms with Crippen molar-refractivity contribution >= 4 is 77.8 Å². The molecule has 0 aliphatic rings. The first-order chi connectivity index (χ1) is 43.8. The van der Waals surface area contributed by atoms with Gasteiger partial charge in [-0.1, -0.05) is 78.1 Å². The van der Waals surface area contributed by atoms with Crippen LogP contribution in [-0.4, -0.2) is 174 Å². The zero-order valence-corrected chi connectivity index (χ0v) is 55.7. The maximum absolute atomic E-state index is 13.2. The van der Waals surface area contributed by atoms with Gasteiger partial charge >= 0.3 is 60.1 Å². The molecule has 0 heterocycles. The first kappa shape index (κ1) is 84.6. The summed E-state index contributed by atoms with van der Waals surface area (Å²) in [7, 11) is 1.84. The van der Waals surface area contributed by atoms with E-state index in [2.05, 4.69) is 42.5 Å². The predicted octanol–water partition coefficient (Wildman–Crippen LogP) is 4.17. The van der Waals surface area contributed by atoms with Crippen molar-refractivity contribution in [3.05, 3.63) is 0 Å². The molecule has 0 aromatic rings. The molecule has 15 amide bonds. The third-order valence-corrected chi connectivity index (χ3v) is 14.0. The molecule has 0 aliphatic carbocycles. The smallest absolute Gasteiger partial charge is 0.330 e. The molecule has 0 aromatic heterocycles. The lowest BCUT2D eigenvalue weighted by molar-refractivity contribution is -0.150. The molecule has 16 N–H and O–H groups in total. The molecule has 0 bridgehead atoms. The summed E-state index contributed by atoms with van der Waals surface area (Å²) >= 11 is 0. The zero-order chi connectivity index (χ0) is 69.0. The Morgan fingerprint density at radius 2 is 0.793 bits per heavy atom. The van der Waals surface area contributed by atoms with Gasteiger partial charge in [0.25, 0.3) is 0 Å². The molecule has 528 valence electrons. The van der Waals surface area contributed by atoms with Crippen LogP contribution in [0.15, 0.2) is 0 Å². The Morgan fingerprint density at radius 1 is 0.413 bits per heavy atom. The summed E-state index contributed by atoms with van der Waals surface area (Å²) in [5.41, 5.74) is 11.8. The SMILES string of the molecule is CCNC(=O)NC(=O)NC(=O)NCCCCCCCC(=O)OCC(COC(=O)CCCCCCCNC(=O)NC(=O)NC(=O)NCCCCCCCC(=O)OCC(COC(=O)CC)NC(=O)C(N)CCCCNC)NC(=O)CCC(C)(N)CCC(C)C(=O)NC(C)C. The fraction of sp³-hybridized carbons (Fsp3) is 0.787. The van der Waals surface area contributed by atoms with E-state index >= 15 is 0 Å². The van der Waals surface area contributed by atoms with E-state index in [1.54, 1.807) is 13.8 Å². The zero-order valence-electron chi connectivity index (χ0n) is 55.7. The Labute approximate surface area is 542 Å². The van der Waals surface area contributed by atoms with Gasteiger partial charge in [0, 0.05) is 75.8 Å². The van der Waals surface area contributed by atoms with Crippen molar-refractivity contribution in [1.29, 1.82) is 0 Å². The molecule has 5 atom stereocenters. The average molecular weight is 1310 g/mol. The van der Waals surface area contributed by atoms with Crippen molar-refractivity contribution in [2.24, 2.45) is 17.4 Å². The molecular weight excluding hydrogens is 1200 g/mol. The van der Waals surface area contributed by atoms with Gasteiger partial charge < -0.3 is 72.9 Å². The number of amides is 15. The minimum atomic E-state index is -1.01. The number of nitrogens with two attached hydrogens (primary N) is 2. The molecule has 0 saturated carbocycles. The van der Waals surface area contributed by atoms with Gasteiger partial charge in [0.1, 0.15) is 26.4 Å². The molecule has 5 unspecified atom stereocenters. The van der Waals surface area contributed by atoms with E-state index in [4.69, 9.17) is 30.4 Å². The van der Waals surface area contributed by atoms with E-state index in [1.165, 1.54) is 0 Å². The molecular formula is C61H112N14O17. The number of esters is 4. The largest absolute Gasteiger partial charge is 0.463 e. The van der Waals surface area contributed by atoms with Crippen molar-refractivity contribution in [1.82, 2.24) is 63.8 Å². The lowest BCUT2D eigenvalue weighted by atomic mass is 9.88. The van der Waals surface area contributed by atoms with Gasteiger partial charge in [-0.05, 0) is 112 Å². The summed E-state index contributed by atoms with van der Waals surface area (Å²) < 4.78 is 21.5. The highest BCUT2D eigenvalue weighted by Crippen LogP contribution is 2.20. The van der Waals surface area contributed by atoms with Gasteiger partial charge in [-0.15, -0.1) is 0 Å². The first-order valence-electron chi connectivity index (χ1n) is 32.8. The van der Waals surface area contributed by atoms with Crippen molar-refractivity contribution < 1.29 is 81.3 Å².